The van der Waals surface area contributed by atoms with Gasteiger partial charge in [-0.2, -0.15) is 0 Å². The number of carboxylic acid groups (broad SMARTS) is 1. The molecular weight excluding hydrogens is 462 g/mol. The van der Waals surface area contributed by atoms with Crippen LogP contribution < -0.4 is 16.0 Å². The van der Waals surface area contributed by atoms with Crippen molar-refractivity contribution in [1.82, 2.24) is 25.8 Å². The predicted molar refractivity (Wildman–Crippen MR) is 134 cm³/mol. The molecule has 2 aromatic rings. The predicted octanol–water partition coefficient (Wildman–Crippen LogP) is 1.16. The number of carbonyl (C=O) groups is 4. The van der Waals surface area contributed by atoms with Crippen LogP contribution in [-0.4, -0.2) is 75.9 Å². The van der Waals surface area contributed by atoms with Gasteiger partial charge in [-0.1, -0.05) is 32.0 Å². The molecule has 0 bridgehead atoms. The second-order valence-electron chi connectivity index (χ2n) is 10.0. The van der Waals surface area contributed by atoms with Crippen LogP contribution in [-0.2, 0) is 25.6 Å². The number of benzene rings is 1. The number of carbonyl (C=O) groups excluding carboxylic acids is 3. The van der Waals surface area contributed by atoms with Crippen molar-refractivity contribution >= 4 is 34.6 Å². The molecule has 1 aromatic heterocycles. The van der Waals surface area contributed by atoms with Crippen LogP contribution in [0.5, 0.6) is 0 Å². The van der Waals surface area contributed by atoms with Gasteiger partial charge in [0, 0.05) is 30.1 Å². The lowest BCUT2D eigenvalue weighted by Gasteiger charge is -2.29. The number of aromatic amines is 1. The standard InChI is InChI=1S/C26H35N5O5/c1-15(2)22(30-23(32)21-10-6-12-31(21)25(34)19-9-5-11-27-19)24(33)29-20(26(35)36)13-16-14-28-18-8-4-3-7-17(16)18/h3-4,7-8,14-15,19-22,27-28H,5-6,9-13H2,1-2H3,(H,29,33)(H,30,32)(H,35,36). The molecule has 3 heterocycles. The molecule has 2 saturated heterocycles. The molecule has 36 heavy (non-hydrogen) atoms. The third kappa shape index (κ3) is 5.53. The van der Waals surface area contributed by atoms with E-state index >= 15 is 0 Å². The molecule has 4 atom stereocenters. The molecular formula is C26H35N5O5. The molecule has 3 amide bonds. The van der Waals surface area contributed by atoms with Crippen LogP contribution in [0.2, 0.25) is 0 Å². The second kappa shape index (κ2) is 11.1. The van der Waals surface area contributed by atoms with Gasteiger partial charge in [-0.3, -0.25) is 14.4 Å². The minimum Gasteiger partial charge on any atom is -0.480 e. The summed E-state index contributed by atoms with van der Waals surface area (Å²) in [7, 11) is 0. The summed E-state index contributed by atoms with van der Waals surface area (Å²) in [5.41, 5.74) is 1.67. The maximum atomic E-state index is 13.2. The Balaban J connectivity index is 1.42. The van der Waals surface area contributed by atoms with E-state index in [9.17, 15) is 24.3 Å². The van der Waals surface area contributed by atoms with Crippen molar-refractivity contribution in [3.05, 3.63) is 36.0 Å². The van der Waals surface area contributed by atoms with E-state index in [-0.39, 0.29) is 30.2 Å². The van der Waals surface area contributed by atoms with Crippen molar-refractivity contribution in [2.24, 2.45) is 5.92 Å². The molecule has 4 unspecified atom stereocenters. The molecule has 5 N–H and O–H groups in total. The highest BCUT2D eigenvalue weighted by atomic mass is 16.4. The van der Waals surface area contributed by atoms with Crippen LogP contribution >= 0.6 is 0 Å². The maximum Gasteiger partial charge on any atom is 0.326 e. The molecule has 10 nitrogen and oxygen atoms in total. The quantitative estimate of drug-likeness (QED) is 0.352. The molecule has 4 rings (SSSR count). The number of H-pyrrole nitrogens is 1. The second-order valence-corrected chi connectivity index (χ2v) is 10.0. The topological polar surface area (TPSA) is 144 Å². The number of nitrogens with zero attached hydrogens (tertiary/aromatic N) is 1. The lowest BCUT2D eigenvalue weighted by atomic mass is 10.0. The van der Waals surface area contributed by atoms with Gasteiger partial charge in [-0.25, -0.2) is 4.79 Å². The van der Waals surface area contributed by atoms with E-state index < -0.39 is 30.0 Å². The van der Waals surface area contributed by atoms with Gasteiger partial charge in [0.25, 0.3) is 0 Å². The van der Waals surface area contributed by atoms with Gasteiger partial charge in [0.05, 0.1) is 6.04 Å². The maximum absolute atomic E-state index is 13.2. The zero-order valence-corrected chi connectivity index (χ0v) is 20.8. The molecule has 194 valence electrons. The fourth-order valence-electron chi connectivity index (χ4n) is 5.16. The van der Waals surface area contributed by atoms with Gasteiger partial charge in [0.15, 0.2) is 0 Å². The molecule has 2 fully saturated rings. The molecule has 0 spiro atoms. The minimum atomic E-state index is -1.16. The summed E-state index contributed by atoms with van der Waals surface area (Å²) in [4.78, 5) is 56.0. The van der Waals surface area contributed by atoms with E-state index in [4.69, 9.17) is 0 Å². The van der Waals surface area contributed by atoms with Crippen LogP contribution in [0.1, 0.15) is 45.1 Å². The third-order valence-electron chi connectivity index (χ3n) is 7.16. The molecule has 1 aromatic carbocycles. The first-order chi connectivity index (χ1) is 17.3. The van der Waals surface area contributed by atoms with Crippen molar-refractivity contribution in [2.75, 3.05) is 13.1 Å². The number of nitrogens with one attached hydrogen (secondary N) is 4. The lowest BCUT2D eigenvalue weighted by molar-refractivity contribution is -0.143. The van der Waals surface area contributed by atoms with E-state index in [0.717, 1.165) is 42.3 Å². The summed E-state index contributed by atoms with van der Waals surface area (Å²) < 4.78 is 0. The molecule has 0 aliphatic carbocycles. The molecule has 0 saturated carbocycles. The number of amides is 3. The first-order valence-corrected chi connectivity index (χ1v) is 12.7. The van der Waals surface area contributed by atoms with Gasteiger partial charge in [-0.05, 0) is 49.8 Å². The number of hydrogen-bond donors (Lipinski definition) is 5. The molecule has 10 heteroatoms. The van der Waals surface area contributed by atoms with Crippen molar-refractivity contribution in [3.8, 4) is 0 Å². The van der Waals surface area contributed by atoms with Crippen LogP contribution in [0.4, 0.5) is 0 Å². The Morgan fingerprint density at radius 3 is 2.58 bits per heavy atom. The summed E-state index contributed by atoms with van der Waals surface area (Å²) in [6.07, 6.45) is 4.80. The average Bonchev–Trinajstić information content (AvgIpc) is 3.62. The molecule has 2 aliphatic heterocycles. The summed E-state index contributed by atoms with van der Waals surface area (Å²) >= 11 is 0. The van der Waals surface area contributed by atoms with E-state index in [0.29, 0.717) is 13.0 Å². The van der Waals surface area contributed by atoms with Crippen LogP contribution in [0, 0.1) is 5.92 Å². The summed E-state index contributed by atoms with van der Waals surface area (Å²) in [6.45, 7) is 4.89. The Bertz CT molecular complexity index is 1120. The fourth-order valence-corrected chi connectivity index (χ4v) is 5.16. The van der Waals surface area contributed by atoms with Gasteiger partial charge in [0.1, 0.15) is 18.1 Å². The van der Waals surface area contributed by atoms with E-state index in [1.807, 2.05) is 24.3 Å². The number of para-hydroxylation sites is 1. The lowest BCUT2D eigenvalue weighted by Crippen LogP contribution is -2.58. The highest BCUT2D eigenvalue weighted by molar-refractivity contribution is 5.95. The third-order valence-corrected chi connectivity index (χ3v) is 7.16. The monoisotopic (exact) mass is 497 g/mol. The number of rotatable bonds is 9. The van der Waals surface area contributed by atoms with Crippen molar-refractivity contribution in [2.45, 2.75) is 70.1 Å². The van der Waals surface area contributed by atoms with Crippen LogP contribution in [0.15, 0.2) is 30.5 Å². The van der Waals surface area contributed by atoms with Crippen molar-refractivity contribution in [1.29, 1.82) is 0 Å². The van der Waals surface area contributed by atoms with Gasteiger partial charge in [-0.15, -0.1) is 0 Å². The van der Waals surface area contributed by atoms with E-state index in [1.54, 1.807) is 24.9 Å². The normalized spacial score (nSPS) is 21.5. The van der Waals surface area contributed by atoms with Crippen molar-refractivity contribution in [3.63, 3.8) is 0 Å². The number of hydrogen-bond acceptors (Lipinski definition) is 5. The smallest absolute Gasteiger partial charge is 0.326 e. The number of fused-ring (bicyclic) bond motifs is 1. The summed E-state index contributed by atoms with van der Waals surface area (Å²) in [5.74, 6) is -2.44. The zero-order valence-electron chi connectivity index (χ0n) is 20.8. The first-order valence-electron chi connectivity index (χ1n) is 12.7. The summed E-state index contributed by atoms with van der Waals surface area (Å²) in [6, 6.07) is 4.58. The number of aliphatic carboxylic acids is 1. The Morgan fingerprint density at radius 1 is 1.11 bits per heavy atom. The highest BCUT2D eigenvalue weighted by Crippen LogP contribution is 2.22. The van der Waals surface area contributed by atoms with Crippen molar-refractivity contribution < 1.29 is 24.3 Å². The highest BCUT2D eigenvalue weighted by Gasteiger charge is 2.39. The number of carboxylic acids is 1. The fraction of sp³-hybridized carbons (Fsp3) is 0.538. The largest absolute Gasteiger partial charge is 0.480 e. The van der Waals surface area contributed by atoms with Crippen LogP contribution in [0.3, 0.4) is 0 Å². The minimum absolute atomic E-state index is 0.0691. The Hall–Kier alpha value is -3.40. The Kier molecular flexibility index (Phi) is 7.93. The van der Waals surface area contributed by atoms with Gasteiger partial charge in [0.2, 0.25) is 17.7 Å². The zero-order chi connectivity index (χ0) is 25.8. The Labute approximate surface area is 210 Å². The SMILES string of the molecule is CC(C)C(NC(=O)C1CCCN1C(=O)C1CCCN1)C(=O)NC(Cc1c[nH]c2ccccc12)C(=O)O. The average molecular weight is 498 g/mol. The van der Waals surface area contributed by atoms with Gasteiger partial charge < -0.3 is 30.9 Å². The molecule has 2 aliphatic rings. The number of aromatic nitrogens is 1. The summed E-state index contributed by atoms with van der Waals surface area (Å²) in [5, 5.41) is 19.3. The van der Waals surface area contributed by atoms with Crippen LogP contribution in [0.25, 0.3) is 10.9 Å². The Morgan fingerprint density at radius 2 is 1.89 bits per heavy atom. The number of likely N-dealkylation sites (tertiary alicyclic amines) is 1. The molecule has 0 radical (unpaired) electrons. The van der Waals surface area contributed by atoms with E-state index in [2.05, 4.69) is 20.9 Å². The first kappa shape index (κ1) is 25.7. The van der Waals surface area contributed by atoms with E-state index in [1.165, 1.54) is 0 Å². The van der Waals surface area contributed by atoms with Gasteiger partial charge >= 0.3 is 5.97 Å².